The summed E-state index contributed by atoms with van der Waals surface area (Å²) in [5.41, 5.74) is -1.51. The van der Waals surface area contributed by atoms with Crippen LogP contribution < -0.4 is 0 Å². The normalized spacial score (nSPS) is 36.8. The number of nitrogens with zero attached hydrogens (tertiary/aromatic N) is 1. The molecule has 3 heterocycles. The zero-order valence-corrected chi connectivity index (χ0v) is 22.6. The second-order valence-corrected chi connectivity index (χ2v) is 11.7. The van der Waals surface area contributed by atoms with Gasteiger partial charge in [-0.05, 0) is 33.3 Å². The molecule has 8 nitrogen and oxygen atoms in total. The third-order valence-corrected chi connectivity index (χ3v) is 8.24. The number of rotatable bonds is 3. The predicted octanol–water partition coefficient (Wildman–Crippen LogP) is 3.76. The van der Waals surface area contributed by atoms with E-state index in [0.717, 1.165) is 5.01 Å². The summed E-state index contributed by atoms with van der Waals surface area (Å²) in [6.45, 7) is 10.5. The molecule has 10 heteroatoms. The van der Waals surface area contributed by atoms with Gasteiger partial charge in [0.05, 0.1) is 52.6 Å². The maximum atomic E-state index is 15.3. The van der Waals surface area contributed by atoms with Crippen molar-refractivity contribution in [3.05, 3.63) is 21.9 Å². The first kappa shape index (κ1) is 28.8. The number of epoxide rings is 1. The number of ketones is 1. The Kier molecular flexibility index (Phi) is 9.09. The number of aliphatic hydroxyl groups is 2. The number of hydrogen-bond donors (Lipinski definition) is 2. The Morgan fingerprint density at radius 3 is 2.61 bits per heavy atom. The van der Waals surface area contributed by atoms with Gasteiger partial charge in [-0.2, -0.15) is 0 Å². The molecule has 2 aliphatic rings. The average molecular weight is 528 g/mol. The molecule has 2 saturated heterocycles. The van der Waals surface area contributed by atoms with Gasteiger partial charge in [-0.25, -0.2) is 9.37 Å². The smallest absolute Gasteiger partial charge is 0.309 e. The van der Waals surface area contributed by atoms with E-state index in [0.29, 0.717) is 18.5 Å². The van der Waals surface area contributed by atoms with Gasteiger partial charge in [-0.1, -0.05) is 20.8 Å². The molecule has 202 valence electrons. The number of halogens is 1. The van der Waals surface area contributed by atoms with Gasteiger partial charge in [0.1, 0.15) is 11.6 Å². The van der Waals surface area contributed by atoms with Gasteiger partial charge in [-0.15, -0.1) is 11.3 Å². The van der Waals surface area contributed by atoms with Crippen molar-refractivity contribution in [3.8, 4) is 0 Å². The highest BCUT2D eigenvalue weighted by molar-refractivity contribution is 7.09. The monoisotopic (exact) mass is 527 g/mol. The highest BCUT2D eigenvalue weighted by Gasteiger charge is 2.53. The standard InChI is InChI=1S/C26H38FNO7S/c1-7-17-23(31)14(2)33-9-8-26(6)21(35-26)11-19(18(27)10-16-13-36-15(3)28-16)34-22(30)12-20(29)25(4,5)24(17)32/h10,13-14,17,19-21,23,29,31H,7-9,11-12H2,1-6H3/b18-10-/t14-,17-,19+,20+,21?,23-,26-/m1/s1. The lowest BCUT2D eigenvalue weighted by molar-refractivity contribution is -0.156. The first-order valence-corrected chi connectivity index (χ1v) is 13.3. The zero-order valence-electron chi connectivity index (χ0n) is 21.8. The highest BCUT2D eigenvalue weighted by Crippen LogP contribution is 2.44. The molecule has 1 aromatic rings. The van der Waals surface area contributed by atoms with Crippen LogP contribution in [-0.2, 0) is 23.8 Å². The van der Waals surface area contributed by atoms with E-state index in [4.69, 9.17) is 14.2 Å². The lowest BCUT2D eigenvalue weighted by atomic mass is 9.73. The predicted molar refractivity (Wildman–Crippen MR) is 133 cm³/mol. The Bertz CT molecular complexity index is 979. The fraction of sp³-hybridized carbons (Fsp3) is 0.731. The van der Waals surface area contributed by atoms with Gasteiger partial charge >= 0.3 is 5.97 Å². The summed E-state index contributed by atoms with van der Waals surface area (Å²) < 4.78 is 32.5. The molecule has 0 bridgehead atoms. The molecular weight excluding hydrogens is 489 g/mol. The Hall–Kier alpha value is -1.72. The first-order chi connectivity index (χ1) is 16.8. The molecule has 2 aliphatic heterocycles. The minimum atomic E-state index is -1.39. The van der Waals surface area contributed by atoms with Crippen LogP contribution in [0.15, 0.2) is 11.2 Å². The van der Waals surface area contributed by atoms with Crippen molar-refractivity contribution in [3.63, 3.8) is 0 Å². The number of carbonyl (C=O) groups excluding carboxylic acids is 2. The third kappa shape index (κ3) is 6.58. The van der Waals surface area contributed by atoms with E-state index in [1.165, 1.54) is 31.3 Å². The number of ether oxygens (including phenoxy) is 3. The van der Waals surface area contributed by atoms with Crippen LogP contribution in [-0.4, -0.2) is 69.7 Å². The van der Waals surface area contributed by atoms with Crippen molar-refractivity contribution in [2.45, 2.75) is 103 Å². The Labute approximate surface area is 215 Å². The van der Waals surface area contributed by atoms with Crippen LogP contribution in [0, 0.1) is 18.3 Å². The molecular formula is C26H38FNO7S. The first-order valence-electron chi connectivity index (χ1n) is 12.5. The number of aryl methyl sites for hydroxylation is 1. The molecule has 0 radical (unpaired) electrons. The minimum absolute atomic E-state index is 0.0855. The van der Waals surface area contributed by atoms with Crippen molar-refractivity contribution in [1.82, 2.24) is 4.98 Å². The van der Waals surface area contributed by atoms with Crippen molar-refractivity contribution in [1.29, 1.82) is 0 Å². The van der Waals surface area contributed by atoms with Crippen LogP contribution in [0.1, 0.15) is 71.0 Å². The van der Waals surface area contributed by atoms with Crippen molar-refractivity contribution in [2.75, 3.05) is 6.61 Å². The van der Waals surface area contributed by atoms with E-state index < -0.39 is 59.6 Å². The second kappa shape index (κ2) is 11.3. The van der Waals surface area contributed by atoms with Crippen LogP contribution in [0.3, 0.4) is 0 Å². The van der Waals surface area contributed by atoms with Crippen molar-refractivity contribution < 1.29 is 38.4 Å². The number of carbonyl (C=O) groups is 2. The van der Waals surface area contributed by atoms with Crippen molar-refractivity contribution >= 4 is 29.2 Å². The van der Waals surface area contributed by atoms with E-state index in [1.54, 1.807) is 19.2 Å². The molecule has 0 saturated carbocycles. The van der Waals surface area contributed by atoms with E-state index in [1.807, 2.05) is 13.8 Å². The lowest BCUT2D eigenvalue weighted by Gasteiger charge is -2.35. The van der Waals surface area contributed by atoms with E-state index in [2.05, 4.69) is 4.98 Å². The topological polar surface area (TPSA) is 118 Å². The fourth-order valence-corrected chi connectivity index (χ4v) is 5.19. The molecule has 0 aliphatic carbocycles. The van der Waals surface area contributed by atoms with E-state index in [-0.39, 0.29) is 24.9 Å². The fourth-order valence-electron chi connectivity index (χ4n) is 4.62. The number of thiazole rings is 1. The minimum Gasteiger partial charge on any atom is -0.455 e. The Morgan fingerprint density at radius 1 is 1.31 bits per heavy atom. The largest absolute Gasteiger partial charge is 0.455 e. The van der Waals surface area contributed by atoms with Gasteiger partial charge in [0.2, 0.25) is 0 Å². The quantitative estimate of drug-likeness (QED) is 0.451. The lowest BCUT2D eigenvalue weighted by Crippen LogP contribution is -2.48. The molecule has 0 spiro atoms. The third-order valence-electron chi connectivity index (χ3n) is 7.44. The Balaban J connectivity index is 1.87. The molecule has 0 aromatic carbocycles. The number of aliphatic hydroxyl groups excluding tert-OH is 2. The number of fused-ring (bicyclic) bond motifs is 1. The number of cyclic esters (lactones) is 1. The summed E-state index contributed by atoms with van der Waals surface area (Å²) in [6, 6.07) is 0. The highest BCUT2D eigenvalue weighted by atomic mass is 32.1. The molecule has 1 aromatic heterocycles. The summed E-state index contributed by atoms with van der Waals surface area (Å²) in [5, 5.41) is 24.2. The van der Waals surface area contributed by atoms with Gasteiger partial charge in [0.25, 0.3) is 0 Å². The molecule has 0 amide bonds. The average Bonchev–Trinajstić information content (AvgIpc) is 3.24. The molecule has 36 heavy (non-hydrogen) atoms. The SMILES string of the molecule is CC[C@H]1C(=O)C(C)(C)[C@@H](O)CC(=O)O[C@H](/C(F)=C/c2csc(C)n2)CC2O[C@]2(C)CCO[C@H](C)[C@H]1O. The Morgan fingerprint density at radius 2 is 2.00 bits per heavy atom. The van der Waals surface area contributed by atoms with Crippen LogP contribution in [0.5, 0.6) is 0 Å². The van der Waals surface area contributed by atoms with Gasteiger partial charge in [0, 0.05) is 30.7 Å². The van der Waals surface area contributed by atoms with Crippen molar-refractivity contribution in [2.24, 2.45) is 11.3 Å². The van der Waals surface area contributed by atoms with Crippen LogP contribution in [0.2, 0.25) is 0 Å². The van der Waals surface area contributed by atoms with Crippen LogP contribution in [0.4, 0.5) is 4.39 Å². The van der Waals surface area contributed by atoms with Gasteiger partial charge in [0.15, 0.2) is 6.10 Å². The van der Waals surface area contributed by atoms with E-state index in [9.17, 15) is 19.8 Å². The van der Waals surface area contributed by atoms with Crippen LogP contribution in [0.25, 0.3) is 6.08 Å². The number of esters is 1. The number of hydrogen-bond acceptors (Lipinski definition) is 9. The summed E-state index contributed by atoms with van der Waals surface area (Å²) in [4.78, 5) is 30.4. The maximum absolute atomic E-state index is 15.3. The molecule has 3 rings (SSSR count). The molecule has 7 atom stereocenters. The number of aromatic nitrogens is 1. The number of Topliss-reactive ketones (excluding diaryl/α,β-unsaturated/α-hetero) is 1. The van der Waals surface area contributed by atoms with Gasteiger partial charge < -0.3 is 24.4 Å². The molecule has 1 unspecified atom stereocenters. The summed E-state index contributed by atoms with van der Waals surface area (Å²) in [7, 11) is 0. The summed E-state index contributed by atoms with van der Waals surface area (Å²) >= 11 is 1.38. The van der Waals surface area contributed by atoms with E-state index >= 15 is 4.39 Å². The molecule has 2 fully saturated rings. The van der Waals surface area contributed by atoms with Crippen LogP contribution >= 0.6 is 11.3 Å². The summed E-state index contributed by atoms with van der Waals surface area (Å²) in [5.74, 6) is -2.66. The van der Waals surface area contributed by atoms with Gasteiger partial charge in [-0.3, -0.25) is 9.59 Å². The maximum Gasteiger partial charge on any atom is 0.309 e. The summed E-state index contributed by atoms with van der Waals surface area (Å²) in [6.07, 6.45) is -3.03. The zero-order chi connectivity index (χ0) is 26.8. The second-order valence-electron chi connectivity index (χ2n) is 10.6. The molecule has 2 N–H and O–H groups in total.